The smallest absolute Gasteiger partial charge is 0.261 e. The monoisotopic (exact) mass is 465 g/mol. The molecule has 5 rings (SSSR count). The van der Waals surface area contributed by atoms with Crippen LogP contribution in [0.15, 0.2) is 52.2 Å². The summed E-state index contributed by atoms with van der Waals surface area (Å²) in [6.45, 7) is 1.31. The van der Waals surface area contributed by atoms with Crippen molar-refractivity contribution >= 4 is 50.5 Å². The molecule has 10 heteroatoms. The van der Waals surface area contributed by atoms with Crippen LogP contribution in [0.3, 0.4) is 0 Å². The molecule has 0 atom stereocenters. The first-order valence-electron chi connectivity index (χ1n) is 10.1. The van der Waals surface area contributed by atoms with Crippen molar-refractivity contribution in [2.45, 2.75) is 25.9 Å². The molecule has 0 saturated carbocycles. The van der Waals surface area contributed by atoms with Gasteiger partial charge in [-0.1, -0.05) is 23.5 Å². The van der Waals surface area contributed by atoms with Crippen molar-refractivity contribution in [1.29, 1.82) is 0 Å². The van der Waals surface area contributed by atoms with Crippen molar-refractivity contribution in [3.05, 3.63) is 73.9 Å². The van der Waals surface area contributed by atoms with Gasteiger partial charge in [-0.05, 0) is 23.6 Å². The highest BCUT2D eigenvalue weighted by atomic mass is 32.1. The summed E-state index contributed by atoms with van der Waals surface area (Å²) in [6, 6.07) is 8.95. The molecule has 0 bridgehead atoms. The lowest BCUT2D eigenvalue weighted by molar-refractivity contribution is -0.132. The Morgan fingerprint density at radius 3 is 2.91 bits per heavy atom. The van der Waals surface area contributed by atoms with Crippen molar-refractivity contribution in [2.24, 2.45) is 0 Å². The van der Waals surface area contributed by atoms with Crippen molar-refractivity contribution < 1.29 is 9.59 Å². The Balaban J connectivity index is 1.22. The first-order valence-corrected chi connectivity index (χ1v) is 11.9. The van der Waals surface area contributed by atoms with Crippen LogP contribution < -0.4 is 10.9 Å². The Hall–Kier alpha value is -3.37. The van der Waals surface area contributed by atoms with E-state index in [9.17, 15) is 14.4 Å². The molecule has 1 N–H and O–H groups in total. The largest absolute Gasteiger partial charge is 0.337 e. The zero-order valence-electron chi connectivity index (χ0n) is 17.0. The zero-order chi connectivity index (χ0) is 22.1. The van der Waals surface area contributed by atoms with Gasteiger partial charge >= 0.3 is 0 Å². The molecule has 4 aromatic rings. The standard InChI is InChI=1S/C22H19N5O3S2/c28-19(6-9-27-13-23-16-4-2-1-3-15(16)21(27)30)26-8-5-17-18(11-26)32-22(24-17)25-20(29)14-7-10-31-12-14/h1-4,7,10,12-13H,5-6,8-9,11H2,(H,24,25,29). The number of amides is 2. The molecule has 32 heavy (non-hydrogen) atoms. The van der Waals surface area contributed by atoms with E-state index in [1.807, 2.05) is 11.4 Å². The van der Waals surface area contributed by atoms with Gasteiger partial charge in [0.05, 0.1) is 35.0 Å². The predicted octanol–water partition coefficient (Wildman–Crippen LogP) is 3.14. The molecule has 1 aromatic carbocycles. The number of nitrogens with zero attached hydrogens (tertiary/aromatic N) is 4. The lowest BCUT2D eigenvalue weighted by atomic mass is 10.1. The fourth-order valence-electron chi connectivity index (χ4n) is 3.66. The van der Waals surface area contributed by atoms with Gasteiger partial charge in [-0.15, -0.1) is 0 Å². The number of fused-ring (bicyclic) bond motifs is 2. The summed E-state index contributed by atoms with van der Waals surface area (Å²) in [5.41, 5.74) is 2.04. The number of benzene rings is 1. The second kappa shape index (κ2) is 8.64. The average molecular weight is 466 g/mol. The molecular formula is C22H19N5O3S2. The Bertz CT molecular complexity index is 1360. The first-order chi connectivity index (χ1) is 15.6. The molecule has 3 aromatic heterocycles. The third kappa shape index (κ3) is 4.06. The number of aromatic nitrogens is 3. The lowest BCUT2D eigenvalue weighted by Crippen LogP contribution is -2.36. The molecule has 1 aliphatic heterocycles. The Kier molecular flexibility index (Phi) is 5.54. The molecule has 0 radical (unpaired) electrons. The summed E-state index contributed by atoms with van der Waals surface area (Å²) in [5.74, 6) is -0.201. The van der Waals surface area contributed by atoms with Crippen LogP contribution in [0.1, 0.15) is 27.3 Å². The van der Waals surface area contributed by atoms with E-state index in [0.717, 1.165) is 10.6 Å². The van der Waals surface area contributed by atoms with Crippen molar-refractivity contribution in [2.75, 3.05) is 11.9 Å². The van der Waals surface area contributed by atoms with E-state index in [1.165, 1.54) is 33.6 Å². The van der Waals surface area contributed by atoms with Crippen molar-refractivity contribution in [3.8, 4) is 0 Å². The van der Waals surface area contributed by atoms with Gasteiger partial charge in [-0.25, -0.2) is 9.97 Å². The molecule has 4 heterocycles. The summed E-state index contributed by atoms with van der Waals surface area (Å²) in [5, 5.41) is 7.58. The summed E-state index contributed by atoms with van der Waals surface area (Å²) in [6.07, 6.45) is 2.36. The molecule has 0 saturated heterocycles. The fourth-order valence-corrected chi connectivity index (χ4v) is 5.32. The summed E-state index contributed by atoms with van der Waals surface area (Å²) in [7, 11) is 0. The van der Waals surface area contributed by atoms with E-state index in [0.29, 0.717) is 41.1 Å². The Labute approximate surface area is 191 Å². The molecular weight excluding hydrogens is 446 g/mol. The number of para-hydroxylation sites is 1. The van der Waals surface area contributed by atoms with Gasteiger partial charge in [-0.2, -0.15) is 11.3 Å². The van der Waals surface area contributed by atoms with Gasteiger partial charge in [-0.3, -0.25) is 24.3 Å². The van der Waals surface area contributed by atoms with Crippen LogP contribution in [-0.4, -0.2) is 37.8 Å². The lowest BCUT2D eigenvalue weighted by Gasteiger charge is -2.26. The number of aryl methyl sites for hydroxylation is 1. The highest BCUT2D eigenvalue weighted by molar-refractivity contribution is 7.16. The normalized spacial score (nSPS) is 13.2. The maximum atomic E-state index is 12.8. The highest BCUT2D eigenvalue weighted by Crippen LogP contribution is 2.29. The van der Waals surface area contributed by atoms with Gasteiger partial charge in [0.15, 0.2) is 5.13 Å². The Morgan fingerprint density at radius 2 is 2.06 bits per heavy atom. The van der Waals surface area contributed by atoms with E-state index in [2.05, 4.69) is 15.3 Å². The van der Waals surface area contributed by atoms with E-state index < -0.39 is 0 Å². The van der Waals surface area contributed by atoms with Crippen LogP contribution >= 0.6 is 22.7 Å². The number of nitrogens with one attached hydrogen (secondary N) is 1. The molecule has 2 amide bonds. The van der Waals surface area contributed by atoms with Crippen molar-refractivity contribution in [1.82, 2.24) is 19.4 Å². The minimum absolute atomic E-state index is 0.0204. The number of rotatable bonds is 5. The Morgan fingerprint density at radius 1 is 1.19 bits per heavy atom. The second-order valence-electron chi connectivity index (χ2n) is 7.43. The number of hydrogen-bond acceptors (Lipinski definition) is 7. The highest BCUT2D eigenvalue weighted by Gasteiger charge is 2.24. The predicted molar refractivity (Wildman–Crippen MR) is 124 cm³/mol. The average Bonchev–Trinajstić information content (AvgIpc) is 3.48. The fraction of sp³-hybridized carbons (Fsp3) is 0.227. The van der Waals surface area contributed by atoms with Crippen LogP contribution in [0.4, 0.5) is 5.13 Å². The van der Waals surface area contributed by atoms with Gasteiger partial charge in [0.1, 0.15) is 0 Å². The maximum Gasteiger partial charge on any atom is 0.261 e. The topological polar surface area (TPSA) is 97.2 Å². The third-order valence-corrected chi connectivity index (χ3v) is 7.07. The van der Waals surface area contributed by atoms with Crippen LogP contribution in [-0.2, 0) is 24.3 Å². The SMILES string of the molecule is O=C(Nc1nc2c(s1)CN(C(=O)CCn1cnc3ccccc3c1=O)CC2)c1ccsc1. The number of carbonyl (C=O) groups is 2. The minimum Gasteiger partial charge on any atom is -0.337 e. The number of carbonyl (C=O) groups excluding carboxylic acids is 2. The van der Waals surface area contributed by atoms with Crippen molar-refractivity contribution in [3.63, 3.8) is 0 Å². The molecule has 8 nitrogen and oxygen atoms in total. The van der Waals surface area contributed by atoms with Crippen LogP contribution in [0, 0.1) is 0 Å². The molecule has 0 unspecified atom stereocenters. The van der Waals surface area contributed by atoms with E-state index in [-0.39, 0.29) is 30.3 Å². The molecule has 162 valence electrons. The van der Waals surface area contributed by atoms with Gasteiger partial charge < -0.3 is 4.90 Å². The number of anilines is 1. The number of thiophene rings is 1. The summed E-state index contributed by atoms with van der Waals surface area (Å²) < 4.78 is 1.49. The minimum atomic E-state index is -0.181. The van der Waals surface area contributed by atoms with E-state index in [4.69, 9.17) is 0 Å². The molecule has 1 aliphatic rings. The quantitative estimate of drug-likeness (QED) is 0.488. The summed E-state index contributed by atoms with van der Waals surface area (Å²) >= 11 is 2.87. The molecule has 0 fully saturated rings. The molecule has 0 aliphatic carbocycles. The first kappa shape index (κ1) is 20.5. The van der Waals surface area contributed by atoms with Crippen LogP contribution in [0.2, 0.25) is 0 Å². The third-order valence-electron chi connectivity index (χ3n) is 5.39. The number of hydrogen-bond donors (Lipinski definition) is 1. The summed E-state index contributed by atoms with van der Waals surface area (Å²) in [4.78, 5) is 49.3. The maximum absolute atomic E-state index is 12.8. The van der Waals surface area contributed by atoms with E-state index >= 15 is 0 Å². The van der Waals surface area contributed by atoms with E-state index in [1.54, 1.807) is 34.5 Å². The molecule has 0 spiro atoms. The second-order valence-corrected chi connectivity index (χ2v) is 9.29. The van der Waals surface area contributed by atoms with Gasteiger partial charge in [0.2, 0.25) is 5.91 Å². The van der Waals surface area contributed by atoms with Crippen LogP contribution in [0.25, 0.3) is 10.9 Å². The van der Waals surface area contributed by atoms with Crippen LogP contribution in [0.5, 0.6) is 0 Å². The van der Waals surface area contributed by atoms with Gasteiger partial charge in [0, 0.05) is 36.2 Å². The number of thiazole rings is 1. The zero-order valence-corrected chi connectivity index (χ0v) is 18.6. The van der Waals surface area contributed by atoms with Gasteiger partial charge in [0.25, 0.3) is 11.5 Å².